The summed E-state index contributed by atoms with van der Waals surface area (Å²) in [6.07, 6.45) is 0.756. The van der Waals surface area contributed by atoms with Crippen LogP contribution in [-0.4, -0.2) is 24.6 Å². The van der Waals surface area contributed by atoms with Crippen LogP contribution in [0, 0.1) is 5.82 Å². The Labute approximate surface area is 121 Å². The molecule has 1 aromatic rings. The van der Waals surface area contributed by atoms with Gasteiger partial charge in [-0.3, -0.25) is 10.1 Å². The Bertz CT molecular complexity index is 497. The Morgan fingerprint density at radius 2 is 2.15 bits per heavy atom. The van der Waals surface area contributed by atoms with Crippen LogP contribution in [0.2, 0.25) is 5.02 Å². The number of hydrogen-bond donors (Lipinski definition) is 2. The molecule has 0 radical (unpaired) electrons. The van der Waals surface area contributed by atoms with Crippen LogP contribution in [0.3, 0.4) is 0 Å². The molecule has 0 aromatic heterocycles. The molecular weight excluding hydrogens is 287 g/mol. The summed E-state index contributed by atoms with van der Waals surface area (Å²) in [6.45, 7) is 3.37. The van der Waals surface area contributed by atoms with Crippen LogP contribution in [0.4, 0.5) is 9.18 Å². The highest BCUT2D eigenvalue weighted by Crippen LogP contribution is 2.20. The molecule has 2 N–H and O–H groups in total. The lowest BCUT2D eigenvalue weighted by molar-refractivity contribution is -0.122. The molecule has 7 heteroatoms. The van der Waals surface area contributed by atoms with Crippen molar-refractivity contribution < 1.29 is 18.7 Å². The Kier molecular flexibility index (Phi) is 6.24. The first-order valence-corrected chi connectivity index (χ1v) is 6.48. The van der Waals surface area contributed by atoms with Crippen LogP contribution in [0.5, 0.6) is 5.75 Å². The highest BCUT2D eigenvalue weighted by molar-refractivity contribution is 6.30. The van der Waals surface area contributed by atoms with Crippen molar-refractivity contribution >= 4 is 23.5 Å². The van der Waals surface area contributed by atoms with Crippen molar-refractivity contribution in [2.45, 2.75) is 26.3 Å². The van der Waals surface area contributed by atoms with Gasteiger partial charge in [-0.05, 0) is 25.5 Å². The van der Waals surface area contributed by atoms with Crippen molar-refractivity contribution in [1.29, 1.82) is 0 Å². The molecule has 1 atom stereocenters. The lowest BCUT2D eigenvalue weighted by Crippen LogP contribution is -2.44. The summed E-state index contributed by atoms with van der Waals surface area (Å²) in [5, 5.41) is 4.60. The Hall–Kier alpha value is -1.82. The normalized spacial score (nSPS) is 11.6. The number of amides is 3. The van der Waals surface area contributed by atoms with Gasteiger partial charge in [-0.15, -0.1) is 0 Å². The Morgan fingerprint density at radius 1 is 1.45 bits per heavy atom. The fraction of sp³-hybridized carbons (Fsp3) is 0.385. The second-order valence-corrected chi connectivity index (χ2v) is 4.60. The van der Waals surface area contributed by atoms with Gasteiger partial charge in [-0.25, -0.2) is 9.18 Å². The third-order valence-corrected chi connectivity index (χ3v) is 2.79. The molecule has 0 saturated carbocycles. The number of nitrogens with one attached hydrogen (secondary N) is 2. The number of rotatable bonds is 5. The van der Waals surface area contributed by atoms with Crippen molar-refractivity contribution in [2.75, 3.05) is 6.61 Å². The van der Waals surface area contributed by atoms with E-state index in [4.69, 9.17) is 16.3 Å². The fourth-order valence-corrected chi connectivity index (χ4v) is 1.41. The predicted molar refractivity (Wildman–Crippen MR) is 73.3 cm³/mol. The molecule has 110 valence electrons. The van der Waals surface area contributed by atoms with E-state index in [-0.39, 0.29) is 23.4 Å². The van der Waals surface area contributed by atoms with E-state index >= 15 is 0 Å². The Morgan fingerprint density at radius 3 is 2.75 bits per heavy atom. The van der Waals surface area contributed by atoms with Crippen molar-refractivity contribution in [3.8, 4) is 5.75 Å². The zero-order chi connectivity index (χ0) is 15.1. The molecule has 0 bridgehead atoms. The van der Waals surface area contributed by atoms with Gasteiger partial charge in [-0.1, -0.05) is 18.5 Å². The predicted octanol–water partition coefficient (Wildman–Crippen LogP) is 2.48. The van der Waals surface area contributed by atoms with Crippen LogP contribution >= 0.6 is 11.6 Å². The SMILES string of the molecule is CC[C@@H](C)NC(=O)NC(=O)COc1ccc(F)c(Cl)c1. The van der Waals surface area contributed by atoms with Gasteiger partial charge in [0.1, 0.15) is 11.6 Å². The van der Waals surface area contributed by atoms with Gasteiger partial charge in [0.2, 0.25) is 0 Å². The maximum absolute atomic E-state index is 12.9. The number of hydrogen-bond acceptors (Lipinski definition) is 3. The van der Waals surface area contributed by atoms with Gasteiger partial charge in [0, 0.05) is 12.1 Å². The van der Waals surface area contributed by atoms with Crippen LogP contribution in [0.15, 0.2) is 18.2 Å². The molecule has 0 aliphatic carbocycles. The summed E-state index contributed by atoms with van der Waals surface area (Å²) in [5.41, 5.74) is 0. The van der Waals surface area contributed by atoms with Crippen molar-refractivity contribution in [2.24, 2.45) is 0 Å². The molecule has 20 heavy (non-hydrogen) atoms. The molecule has 0 fully saturated rings. The van der Waals surface area contributed by atoms with Gasteiger partial charge >= 0.3 is 6.03 Å². The minimum atomic E-state index is -0.605. The van der Waals surface area contributed by atoms with E-state index in [0.29, 0.717) is 0 Å². The minimum Gasteiger partial charge on any atom is -0.484 e. The number of urea groups is 1. The molecule has 0 aliphatic rings. The summed E-state index contributed by atoms with van der Waals surface area (Å²) in [7, 11) is 0. The summed E-state index contributed by atoms with van der Waals surface area (Å²) in [6, 6.07) is 3.12. The summed E-state index contributed by atoms with van der Waals surface area (Å²) in [4.78, 5) is 22.8. The molecule has 1 aromatic carbocycles. The third kappa shape index (κ3) is 5.44. The average molecular weight is 303 g/mol. The molecular formula is C13H16ClFN2O3. The van der Waals surface area contributed by atoms with Gasteiger partial charge in [0.05, 0.1) is 5.02 Å². The standard InChI is InChI=1S/C13H16ClFN2O3/c1-3-8(2)16-13(19)17-12(18)7-20-9-4-5-11(15)10(14)6-9/h4-6,8H,3,7H2,1-2H3,(H2,16,17,18,19)/t8-/m1/s1. The third-order valence-electron chi connectivity index (χ3n) is 2.50. The monoisotopic (exact) mass is 302 g/mol. The second-order valence-electron chi connectivity index (χ2n) is 4.20. The topological polar surface area (TPSA) is 67.4 Å². The maximum Gasteiger partial charge on any atom is 0.321 e. The van der Waals surface area contributed by atoms with E-state index < -0.39 is 17.8 Å². The zero-order valence-corrected chi connectivity index (χ0v) is 12.0. The highest BCUT2D eigenvalue weighted by Gasteiger charge is 2.10. The summed E-state index contributed by atoms with van der Waals surface area (Å²) < 4.78 is 18.0. The fourth-order valence-electron chi connectivity index (χ4n) is 1.24. The minimum absolute atomic E-state index is 0.0281. The number of carbonyl (C=O) groups is 2. The number of carbonyl (C=O) groups excluding carboxylic acids is 2. The van der Waals surface area contributed by atoms with Crippen LogP contribution in [-0.2, 0) is 4.79 Å². The van der Waals surface area contributed by atoms with Crippen LogP contribution in [0.25, 0.3) is 0 Å². The molecule has 0 spiro atoms. The summed E-state index contributed by atoms with van der Waals surface area (Å²) in [5.74, 6) is -0.934. The van der Waals surface area contributed by atoms with Crippen LogP contribution < -0.4 is 15.4 Å². The first-order valence-electron chi connectivity index (χ1n) is 6.10. The number of benzene rings is 1. The molecule has 1 rings (SSSR count). The van der Waals surface area contributed by atoms with E-state index in [2.05, 4.69) is 10.6 Å². The van der Waals surface area contributed by atoms with E-state index in [0.717, 1.165) is 12.5 Å². The molecule has 5 nitrogen and oxygen atoms in total. The van der Waals surface area contributed by atoms with E-state index in [9.17, 15) is 14.0 Å². The van der Waals surface area contributed by atoms with E-state index in [1.807, 2.05) is 13.8 Å². The smallest absolute Gasteiger partial charge is 0.321 e. The first kappa shape index (κ1) is 16.2. The molecule has 0 heterocycles. The molecule has 0 unspecified atom stereocenters. The molecule has 0 aliphatic heterocycles. The van der Waals surface area contributed by atoms with Gasteiger partial charge in [0.15, 0.2) is 6.61 Å². The quantitative estimate of drug-likeness (QED) is 0.878. The Balaban J connectivity index is 2.39. The zero-order valence-electron chi connectivity index (χ0n) is 11.2. The molecule has 3 amide bonds. The van der Waals surface area contributed by atoms with Crippen molar-refractivity contribution in [1.82, 2.24) is 10.6 Å². The van der Waals surface area contributed by atoms with E-state index in [1.54, 1.807) is 0 Å². The number of halogens is 2. The maximum atomic E-state index is 12.9. The molecule has 0 saturated heterocycles. The van der Waals surface area contributed by atoms with Crippen molar-refractivity contribution in [3.05, 3.63) is 29.0 Å². The summed E-state index contributed by atoms with van der Waals surface area (Å²) >= 11 is 5.57. The van der Waals surface area contributed by atoms with Gasteiger partial charge in [-0.2, -0.15) is 0 Å². The second kappa shape index (κ2) is 7.69. The largest absolute Gasteiger partial charge is 0.484 e. The number of imide groups is 1. The number of ether oxygens (including phenoxy) is 1. The van der Waals surface area contributed by atoms with Gasteiger partial charge in [0.25, 0.3) is 5.91 Å². The lowest BCUT2D eigenvalue weighted by atomic mass is 10.3. The van der Waals surface area contributed by atoms with Crippen LogP contribution in [0.1, 0.15) is 20.3 Å². The van der Waals surface area contributed by atoms with Crippen molar-refractivity contribution in [3.63, 3.8) is 0 Å². The van der Waals surface area contributed by atoms with E-state index in [1.165, 1.54) is 12.1 Å². The van der Waals surface area contributed by atoms with Gasteiger partial charge < -0.3 is 10.1 Å². The lowest BCUT2D eigenvalue weighted by Gasteiger charge is -2.12. The first-order chi connectivity index (χ1) is 9.42. The highest BCUT2D eigenvalue weighted by atomic mass is 35.5. The average Bonchev–Trinajstić information content (AvgIpc) is 2.39.